The van der Waals surface area contributed by atoms with Crippen LogP contribution in [0.1, 0.15) is 44.3 Å². The summed E-state index contributed by atoms with van der Waals surface area (Å²) in [5.74, 6) is 0. The normalized spacial score (nSPS) is 24.8. The average Bonchev–Trinajstić information content (AvgIpc) is 2.80. The van der Waals surface area contributed by atoms with E-state index in [4.69, 9.17) is 10.5 Å². The van der Waals surface area contributed by atoms with Gasteiger partial charge in [0.1, 0.15) is 0 Å². The predicted octanol–water partition coefficient (Wildman–Crippen LogP) is 1.79. The van der Waals surface area contributed by atoms with Gasteiger partial charge in [-0.3, -0.25) is 9.58 Å². The molecular weight excluding hydrogens is 252 g/mol. The van der Waals surface area contributed by atoms with Crippen molar-refractivity contribution in [1.82, 2.24) is 14.7 Å². The van der Waals surface area contributed by atoms with E-state index in [-0.39, 0.29) is 12.1 Å². The van der Waals surface area contributed by atoms with E-state index in [0.29, 0.717) is 0 Å². The minimum atomic E-state index is 0.182. The van der Waals surface area contributed by atoms with Crippen molar-refractivity contribution < 1.29 is 4.74 Å². The largest absolute Gasteiger partial charge is 0.383 e. The number of nitrogens with two attached hydrogens (primary N) is 1. The molecule has 114 valence electrons. The Balaban J connectivity index is 2.22. The third kappa shape index (κ3) is 3.59. The van der Waals surface area contributed by atoms with Crippen LogP contribution in [0.15, 0.2) is 12.3 Å². The van der Waals surface area contributed by atoms with Gasteiger partial charge in [-0.25, -0.2) is 0 Å². The van der Waals surface area contributed by atoms with Crippen molar-refractivity contribution in [3.63, 3.8) is 0 Å². The Morgan fingerprint density at radius 3 is 3.00 bits per heavy atom. The van der Waals surface area contributed by atoms with Crippen LogP contribution in [0, 0.1) is 0 Å². The van der Waals surface area contributed by atoms with Crippen LogP contribution in [0.5, 0.6) is 0 Å². The molecule has 0 saturated carbocycles. The number of rotatable bonds is 6. The van der Waals surface area contributed by atoms with E-state index in [1.807, 2.05) is 6.20 Å². The highest BCUT2D eigenvalue weighted by Crippen LogP contribution is 2.29. The van der Waals surface area contributed by atoms with E-state index in [0.717, 1.165) is 39.1 Å². The highest BCUT2D eigenvalue weighted by atomic mass is 16.5. The Morgan fingerprint density at radius 1 is 1.40 bits per heavy atom. The standard InChI is InChI=1S/C15H28N4O/c1-3-9-19-14(7-8-17-19)15-13(16)6-4-5-10-18(15)11-12-20-2/h7-8,13,15H,3-6,9-12,16H2,1-2H3. The van der Waals surface area contributed by atoms with Crippen LogP contribution in [-0.4, -0.2) is 47.5 Å². The molecule has 5 heteroatoms. The van der Waals surface area contributed by atoms with Crippen molar-refractivity contribution in [2.24, 2.45) is 5.73 Å². The number of methoxy groups -OCH3 is 1. The van der Waals surface area contributed by atoms with Crippen molar-refractivity contribution >= 4 is 0 Å². The topological polar surface area (TPSA) is 56.3 Å². The molecule has 2 N–H and O–H groups in total. The lowest BCUT2D eigenvalue weighted by Crippen LogP contribution is -2.42. The number of nitrogens with zero attached hydrogens (tertiary/aromatic N) is 3. The highest BCUT2D eigenvalue weighted by molar-refractivity contribution is 5.11. The molecule has 2 rings (SSSR count). The van der Waals surface area contributed by atoms with Gasteiger partial charge >= 0.3 is 0 Å². The van der Waals surface area contributed by atoms with E-state index >= 15 is 0 Å². The second-order valence-corrected chi connectivity index (χ2v) is 5.61. The quantitative estimate of drug-likeness (QED) is 0.863. The van der Waals surface area contributed by atoms with Crippen LogP contribution < -0.4 is 5.73 Å². The van der Waals surface area contributed by atoms with Gasteiger partial charge in [0.25, 0.3) is 0 Å². The summed E-state index contributed by atoms with van der Waals surface area (Å²) in [5, 5.41) is 4.46. The van der Waals surface area contributed by atoms with Gasteiger partial charge in [-0.05, 0) is 31.9 Å². The fourth-order valence-corrected chi connectivity index (χ4v) is 3.12. The Kier molecular flexibility index (Phi) is 6.01. The van der Waals surface area contributed by atoms with Crippen molar-refractivity contribution in [2.75, 3.05) is 26.8 Å². The summed E-state index contributed by atoms with van der Waals surface area (Å²) in [4.78, 5) is 2.48. The molecule has 2 heterocycles. The Morgan fingerprint density at radius 2 is 2.25 bits per heavy atom. The van der Waals surface area contributed by atoms with Crippen molar-refractivity contribution in [3.05, 3.63) is 18.0 Å². The van der Waals surface area contributed by atoms with Crippen LogP contribution in [0.25, 0.3) is 0 Å². The summed E-state index contributed by atoms with van der Waals surface area (Å²) in [6.45, 7) is 5.93. The summed E-state index contributed by atoms with van der Waals surface area (Å²) >= 11 is 0. The lowest BCUT2D eigenvalue weighted by Gasteiger charge is -2.33. The van der Waals surface area contributed by atoms with Crippen LogP contribution in [0.3, 0.4) is 0 Å². The van der Waals surface area contributed by atoms with Gasteiger partial charge in [-0.15, -0.1) is 0 Å². The summed E-state index contributed by atoms with van der Waals surface area (Å²) in [6, 6.07) is 2.58. The molecule has 1 aromatic heterocycles. The summed E-state index contributed by atoms with van der Waals surface area (Å²) in [7, 11) is 1.76. The monoisotopic (exact) mass is 280 g/mol. The van der Waals surface area contributed by atoms with Crippen molar-refractivity contribution in [2.45, 2.75) is 51.2 Å². The Hall–Kier alpha value is -0.910. The molecule has 0 spiro atoms. The minimum absolute atomic E-state index is 0.182. The Bertz CT molecular complexity index is 393. The van der Waals surface area contributed by atoms with Gasteiger partial charge in [-0.2, -0.15) is 5.10 Å². The van der Waals surface area contributed by atoms with E-state index in [9.17, 15) is 0 Å². The number of likely N-dealkylation sites (tertiary alicyclic amines) is 1. The smallest absolute Gasteiger partial charge is 0.0671 e. The van der Waals surface area contributed by atoms with E-state index in [1.54, 1.807) is 7.11 Å². The fourth-order valence-electron chi connectivity index (χ4n) is 3.12. The molecule has 1 aromatic rings. The maximum Gasteiger partial charge on any atom is 0.0671 e. The Labute approximate surface area is 122 Å². The molecule has 0 amide bonds. The summed E-state index contributed by atoms with van der Waals surface area (Å²) in [6.07, 6.45) is 6.51. The molecule has 1 fully saturated rings. The first-order chi connectivity index (χ1) is 9.77. The third-order valence-electron chi connectivity index (χ3n) is 4.10. The fraction of sp³-hybridized carbons (Fsp3) is 0.800. The first-order valence-electron chi connectivity index (χ1n) is 7.78. The van der Waals surface area contributed by atoms with Gasteiger partial charge < -0.3 is 10.5 Å². The van der Waals surface area contributed by atoms with E-state index in [2.05, 4.69) is 27.7 Å². The third-order valence-corrected chi connectivity index (χ3v) is 4.10. The predicted molar refractivity (Wildman–Crippen MR) is 80.5 cm³/mol. The molecule has 20 heavy (non-hydrogen) atoms. The van der Waals surface area contributed by atoms with Gasteiger partial charge in [-0.1, -0.05) is 13.3 Å². The zero-order valence-corrected chi connectivity index (χ0v) is 12.8. The second kappa shape index (κ2) is 7.76. The SMILES string of the molecule is CCCn1nccc1C1C(N)CCCCN1CCOC. The molecule has 0 bridgehead atoms. The van der Waals surface area contributed by atoms with Crippen LogP contribution in [0.4, 0.5) is 0 Å². The number of hydrogen-bond donors (Lipinski definition) is 1. The van der Waals surface area contributed by atoms with Crippen LogP contribution in [-0.2, 0) is 11.3 Å². The maximum atomic E-state index is 6.47. The van der Waals surface area contributed by atoms with Gasteiger partial charge in [0.15, 0.2) is 0 Å². The van der Waals surface area contributed by atoms with Gasteiger partial charge in [0, 0.05) is 32.4 Å². The molecule has 0 aliphatic carbocycles. The molecule has 1 aliphatic heterocycles. The second-order valence-electron chi connectivity index (χ2n) is 5.61. The first kappa shape index (κ1) is 15.5. The molecule has 0 radical (unpaired) electrons. The van der Waals surface area contributed by atoms with E-state index in [1.165, 1.54) is 18.5 Å². The van der Waals surface area contributed by atoms with E-state index < -0.39 is 0 Å². The molecule has 2 unspecified atom stereocenters. The lowest BCUT2D eigenvalue weighted by molar-refractivity contribution is 0.111. The minimum Gasteiger partial charge on any atom is -0.383 e. The van der Waals surface area contributed by atoms with Crippen LogP contribution >= 0.6 is 0 Å². The molecular formula is C15H28N4O. The van der Waals surface area contributed by atoms with Crippen molar-refractivity contribution in [3.8, 4) is 0 Å². The maximum absolute atomic E-state index is 6.47. The molecule has 1 saturated heterocycles. The van der Waals surface area contributed by atoms with Crippen molar-refractivity contribution in [1.29, 1.82) is 0 Å². The number of aromatic nitrogens is 2. The zero-order valence-electron chi connectivity index (χ0n) is 12.8. The average molecular weight is 280 g/mol. The number of hydrogen-bond acceptors (Lipinski definition) is 4. The van der Waals surface area contributed by atoms with Gasteiger partial charge in [0.2, 0.25) is 0 Å². The molecule has 1 aliphatic rings. The van der Waals surface area contributed by atoms with Crippen LogP contribution in [0.2, 0.25) is 0 Å². The van der Waals surface area contributed by atoms with Gasteiger partial charge in [0.05, 0.1) is 18.3 Å². The highest BCUT2D eigenvalue weighted by Gasteiger charge is 2.30. The molecule has 0 aromatic carbocycles. The molecule has 2 atom stereocenters. The number of aryl methyl sites for hydroxylation is 1. The summed E-state index contributed by atoms with van der Waals surface area (Å²) < 4.78 is 7.38. The summed E-state index contributed by atoms with van der Waals surface area (Å²) in [5.41, 5.74) is 7.74. The lowest BCUT2D eigenvalue weighted by atomic mass is 10.0. The first-order valence-corrected chi connectivity index (χ1v) is 7.78. The zero-order chi connectivity index (χ0) is 14.4. The number of ether oxygens (including phenoxy) is 1. The molecule has 5 nitrogen and oxygen atoms in total.